The van der Waals surface area contributed by atoms with Crippen molar-refractivity contribution in [3.63, 3.8) is 0 Å². The molecule has 0 spiro atoms. The van der Waals surface area contributed by atoms with E-state index in [1.807, 2.05) is 72.8 Å². The Labute approximate surface area is 192 Å². The van der Waals surface area contributed by atoms with Gasteiger partial charge in [-0.2, -0.15) is 0 Å². The Kier molecular flexibility index (Phi) is 6.99. The van der Waals surface area contributed by atoms with Gasteiger partial charge in [0.15, 0.2) is 23.0 Å². The van der Waals surface area contributed by atoms with Crippen LogP contribution >= 0.6 is 0 Å². The lowest BCUT2D eigenvalue weighted by Crippen LogP contribution is -2.15. The van der Waals surface area contributed by atoms with Crippen LogP contribution in [-0.4, -0.2) is 36.7 Å². The summed E-state index contributed by atoms with van der Waals surface area (Å²) in [5.74, 6) is 1.22. The summed E-state index contributed by atoms with van der Waals surface area (Å²) in [6.07, 6.45) is 0.688. The topological polar surface area (TPSA) is 82.6 Å². The number of carbonyl (C=O) groups is 1. The highest BCUT2D eigenvalue weighted by atomic mass is 16.5. The van der Waals surface area contributed by atoms with Crippen molar-refractivity contribution in [1.82, 2.24) is 9.97 Å². The summed E-state index contributed by atoms with van der Waals surface area (Å²) in [4.78, 5) is 22.0. The molecule has 0 saturated heterocycles. The molecule has 1 aromatic heterocycles. The lowest BCUT2D eigenvalue weighted by atomic mass is 10.1. The van der Waals surface area contributed by atoms with Crippen molar-refractivity contribution in [3.8, 4) is 11.5 Å². The molecule has 4 rings (SSSR count). The average molecular weight is 444 g/mol. The van der Waals surface area contributed by atoms with Crippen molar-refractivity contribution < 1.29 is 19.0 Å². The van der Waals surface area contributed by atoms with E-state index in [0.29, 0.717) is 41.3 Å². The van der Waals surface area contributed by atoms with E-state index in [0.717, 1.165) is 11.1 Å². The van der Waals surface area contributed by atoms with Crippen LogP contribution in [0.2, 0.25) is 0 Å². The van der Waals surface area contributed by atoms with Crippen molar-refractivity contribution in [1.29, 1.82) is 0 Å². The van der Waals surface area contributed by atoms with Crippen molar-refractivity contribution in [2.45, 2.75) is 13.0 Å². The molecule has 0 unspecified atom stereocenters. The summed E-state index contributed by atoms with van der Waals surface area (Å²) in [6, 6.07) is 22.7. The van der Waals surface area contributed by atoms with Gasteiger partial charge in [0.1, 0.15) is 6.61 Å². The second kappa shape index (κ2) is 10.5. The molecule has 168 valence electrons. The number of anilines is 1. The average Bonchev–Trinajstić information content (AvgIpc) is 2.87. The molecular formula is C26H25N3O4. The predicted octanol–water partition coefficient (Wildman–Crippen LogP) is 4.66. The zero-order chi connectivity index (χ0) is 23.0. The van der Waals surface area contributed by atoms with Crippen LogP contribution in [0.5, 0.6) is 11.5 Å². The van der Waals surface area contributed by atoms with Crippen LogP contribution in [0.15, 0.2) is 72.8 Å². The third-order valence-corrected chi connectivity index (χ3v) is 5.13. The van der Waals surface area contributed by atoms with Gasteiger partial charge in [-0.15, -0.1) is 0 Å². The number of esters is 1. The van der Waals surface area contributed by atoms with Gasteiger partial charge in [-0.25, -0.2) is 14.8 Å². The van der Waals surface area contributed by atoms with Crippen LogP contribution in [0.3, 0.4) is 0 Å². The third-order valence-electron chi connectivity index (χ3n) is 5.13. The molecule has 1 heterocycles. The Balaban J connectivity index is 1.51. The van der Waals surface area contributed by atoms with Gasteiger partial charge in [-0.05, 0) is 41.8 Å². The summed E-state index contributed by atoms with van der Waals surface area (Å²) < 4.78 is 16.2. The van der Waals surface area contributed by atoms with E-state index in [1.54, 1.807) is 14.2 Å². The molecule has 7 nitrogen and oxygen atoms in total. The van der Waals surface area contributed by atoms with Crippen molar-refractivity contribution >= 4 is 22.8 Å². The fourth-order valence-electron chi connectivity index (χ4n) is 3.42. The Hall–Kier alpha value is -4.13. The van der Waals surface area contributed by atoms with E-state index in [9.17, 15) is 4.79 Å². The normalized spacial score (nSPS) is 10.6. The first-order chi connectivity index (χ1) is 16.2. The fraction of sp³-hybridized carbons (Fsp3) is 0.192. The van der Waals surface area contributed by atoms with Crippen LogP contribution in [-0.2, 0) is 17.8 Å². The molecule has 33 heavy (non-hydrogen) atoms. The Morgan fingerprint density at radius 2 is 1.52 bits per heavy atom. The molecule has 0 radical (unpaired) electrons. The molecule has 0 fully saturated rings. The quantitative estimate of drug-likeness (QED) is 0.377. The lowest BCUT2D eigenvalue weighted by molar-refractivity contribution is 0.0467. The number of hydrogen-bond donors (Lipinski definition) is 1. The molecule has 0 saturated carbocycles. The molecule has 0 aliphatic rings. The number of carbonyl (C=O) groups excluding carboxylic acids is 1. The summed E-state index contributed by atoms with van der Waals surface area (Å²) in [5.41, 5.74) is 3.46. The van der Waals surface area contributed by atoms with Crippen molar-refractivity contribution in [2.75, 3.05) is 26.1 Å². The lowest BCUT2D eigenvalue weighted by Gasteiger charge is -2.13. The Morgan fingerprint density at radius 1 is 0.818 bits per heavy atom. The third kappa shape index (κ3) is 5.38. The van der Waals surface area contributed by atoms with Gasteiger partial charge in [0.25, 0.3) is 0 Å². The highest BCUT2D eigenvalue weighted by Gasteiger charge is 2.18. The second-order valence-corrected chi connectivity index (χ2v) is 7.34. The standard InChI is InChI=1S/C26H25N3O4/c1-31-22-13-12-18(16-23(22)32-2)14-15-27-25-24(28-20-10-6-7-11-21(20)29-25)26(30)33-17-19-8-4-3-5-9-19/h3-13,16H,14-15,17H2,1-2H3,(H,27,29). The molecule has 1 N–H and O–H groups in total. The van der Waals surface area contributed by atoms with Crippen LogP contribution in [0.4, 0.5) is 5.82 Å². The van der Waals surface area contributed by atoms with Crippen LogP contribution < -0.4 is 14.8 Å². The number of rotatable bonds is 9. The zero-order valence-electron chi connectivity index (χ0n) is 18.6. The molecule has 0 atom stereocenters. The maximum atomic E-state index is 12.9. The van der Waals surface area contributed by atoms with Gasteiger partial charge in [0.2, 0.25) is 0 Å². The minimum absolute atomic E-state index is 0.164. The number of aromatic nitrogens is 2. The number of ether oxygens (including phenoxy) is 3. The van der Waals surface area contributed by atoms with E-state index in [-0.39, 0.29) is 12.3 Å². The number of hydrogen-bond acceptors (Lipinski definition) is 7. The summed E-state index contributed by atoms with van der Waals surface area (Å²) in [7, 11) is 3.22. The highest BCUT2D eigenvalue weighted by Crippen LogP contribution is 2.27. The van der Waals surface area contributed by atoms with Gasteiger partial charge < -0.3 is 19.5 Å². The SMILES string of the molecule is COc1ccc(CCNc2nc3ccccc3nc2C(=O)OCc2ccccc2)cc1OC. The zero-order valence-corrected chi connectivity index (χ0v) is 18.6. The first-order valence-corrected chi connectivity index (χ1v) is 10.6. The largest absolute Gasteiger partial charge is 0.493 e. The van der Waals surface area contributed by atoms with Gasteiger partial charge >= 0.3 is 5.97 Å². The summed E-state index contributed by atoms with van der Waals surface area (Å²) in [5, 5.41) is 3.25. The highest BCUT2D eigenvalue weighted by molar-refractivity contribution is 5.95. The van der Waals surface area contributed by atoms with Crippen LogP contribution in [0.25, 0.3) is 11.0 Å². The molecule has 0 aliphatic carbocycles. The fourth-order valence-corrected chi connectivity index (χ4v) is 3.42. The molecule has 0 bridgehead atoms. The first kappa shape index (κ1) is 22.1. The number of fused-ring (bicyclic) bond motifs is 1. The summed E-state index contributed by atoms with van der Waals surface area (Å²) >= 11 is 0. The van der Waals surface area contributed by atoms with Crippen molar-refractivity contribution in [2.24, 2.45) is 0 Å². The first-order valence-electron chi connectivity index (χ1n) is 10.6. The smallest absolute Gasteiger partial charge is 0.361 e. The monoisotopic (exact) mass is 443 g/mol. The van der Waals surface area contributed by atoms with E-state index in [2.05, 4.69) is 15.3 Å². The van der Waals surface area contributed by atoms with Gasteiger partial charge in [-0.1, -0.05) is 48.5 Å². The number of nitrogens with zero attached hydrogens (tertiary/aromatic N) is 2. The maximum Gasteiger partial charge on any atom is 0.361 e. The molecule has 4 aromatic rings. The van der Waals surface area contributed by atoms with Gasteiger partial charge in [0, 0.05) is 6.54 Å². The number of methoxy groups -OCH3 is 2. The van der Waals surface area contributed by atoms with Gasteiger partial charge in [-0.3, -0.25) is 0 Å². The van der Waals surface area contributed by atoms with Crippen LogP contribution in [0.1, 0.15) is 21.6 Å². The van der Waals surface area contributed by atoms with Gasteiger partial charge in [0.05, 0.1) is 25.3 Å². The van der Waals surface area contributed by atoms with E-state index in [1.165, 1.54) is 0 Å². The minimum Gasteiger partial charge on any atom is -0.493 e. The molecular weight excluding hydrogens is 418 g/mol. The summed E-state index contributed by atoms with van der Waals surface area (Å²) in [6.45, 7) is 0.709. The molecule has 0 amide bonds. The number of nitrogens with one attached hydrogen (secondary N) is 1. The van der Waals surface area contributed by atoms with E-state index in [4.69, 9.17) is 14.2 Å². The van der Waals surface area contributed by atoms with Crippen molar-refractivity contribution in [3.05, 3.63) is 89.6 Å². The number of benzene rings is 3. The Morgan fingerprint density at radius 3 is 2.24 bits per heavy atom. The van der Waals surface area contributed by atoms with E-state index >= 15 is 0 Å². The predicted molar refractivity (Wildman–Crippen MR) is 127 cm³/mol. The van der Waals surface area contributed by atoms with E-state index < -0.39 is 5.97 Å². The molecule has 7 heteroatoms. The molecule has 3 aromatic carbocycles. The molecule has 0 aliphatic heterocycles. The second-order valence-electron chi connectivity index (χ2n) is 7.34. The van der Waals surface area contributed by atoms with Crippen LogP contribution in [0, 0.1) is 0 Å². The Bertz CT molecular complexity index is 1240. The number of para-hydroxylation sites is 2. The minimum atomic E-state index is -0.522. The maximum absolute atomic E-state index is 12.9.